The number of carbonyl (C=O) groups excluding carboxylic acids is 2. The second-order valence-electron chi connectivity index (χ2n) is 8.02. The predicted molar refractivity (Wildman–Crippen MR) is 123 cm³/mol. The number of aryl methyl sites for hydroxylation is 1. The Hall–Kier alpha value is -2.19. The lowest BCUT2D eigenvalue weighted by atomic mass is 10.1. The molecule has 1 amide bonds. The maximum absolute atomic E-state index is 12.8. The van der Waals surface area contributed by atoms with Gasteiger partial charge in [0.2, 0.25) is 0 Å². The Balaban J connectivity index is 2.28. The number of thioether (sulfide) groups is 1. The molecule has 0 fully saturated rings. The molecule has 0 spiro atoms. The summed E-state index contributed by atoms with van der Waals surface area (Å²) in [5.41, 5.74) is -0.0881. The Labute approximate surface area is 190 Å². The summed E-state index contributed by atoms with van der Waals surface area (Å²) in [6.07, 6.45) is 3.07. The molecule has 0 saturated carbocycles. The number of amides is 1. The molecule has 1 N–H and O–H groups in total. The summed E-state index contributed by atoms with van der Waals surface area (Å²) in [5, 5.41) is 3.45. The number of hydrogen-bond acceptors (Lipinski definition) is 7. The van der Waals surface area contributed by atoms with E-state index in [9.17, 15) is 14.4 Å². The van der Waals surface area contributed by atoms with Crippen LogP contribution in [0.25, 0.3) is 11.0 Å². The van der Waals surface area contributed by atoms with Gasteiger partial charge in [-0.25, -0.2) is 14.4 Å². The molecule has 0 aliphatic heterocycles. The van der Waals surface area contributed by atoms with Crippen LogP contribution >= 0.6 is 23.4 Å². The van der Waals surface area contributed by atoms with E-state index >= 15 is 0 Å². The fourth-order valence-electron chi connectivity index (χ4n) is 2.90. The third kappa shape index (κ3) is 7.47. The summed E-state index contributed by atoms with van der Waals surface area (Å²) in [6.45, 7) is 7.20. The molecule has 2 rings (SSSR count). The quantitative estimate of drug-likeness (QED) is 0.332. The number of benzene rings is 1. The first-order valence-corrected chi connectivity index (χ1v) is 11.8. The van der Waals surface area contributed by atoms with Gasteiger partial charge < -0.3 is 19.2 Å². The predicted octanol–water partition coefficient (Wildman–Crippen LogP) is 4.95. The van der Waals surface area contributed by atoms with Crippen molar-refractivity contribution in [3.63, 3.8) is 0 Å². The maximum atomic E-state index is 12.8. The van der Waals surface area contributed by atoms with Crippen LogP contribution in [0, 0.1) is 0 Å². The summed E-state index contributed by atoms with van der Waals surface area (Å²) in [7, 11) is 0. The van der Waals surface area contributed by atoms with Gasteiger partial charge in [-0.15, -0.1) is 0 Å². The Bertz CT molecular complexity index is 998. The van der Waals surface area contributed by atoms with E-state index in [-0.39, 0.29) is 16.4 Å². The maximum Gasteiger partial charge on any atom is 0.408 e. The van der Waals surface area contributed by atoms with Crippen molar-refractivity contribution in [2.24, 2.45) is 0 Å². The van der Waals surface area contributed by atoms with Crippen molar-refractivity contribution in [1.29, 1.82) is 0 Å². The highest BCUT2D eigenvalue weighted by atomic mass is 35.5. The highest BCUT2D eigenvalue weighted by molar-refractivity contribution is 7.98. The van der Waals surface area contributed by atoms with Gasteiger partial charge >= 0.3 is 17.7 Å². The van der Waals surface area contributed by atoms with Gasteiger partial charge in [0.1, 0.15) is 17.2 Å². The Kier molecular flexibility index (Phi) is 8.82. The van der Waals surface area contributed by atoms with Gasteiger partial charge in [-0.3, -0.25) is 0 Å². The second kappa shape index (κ2) is 10.9. The van der Waals surface area contributed by atoms with Crippen LogP contribution in [0.2, 0.25) is 5.02 Å². The first-order valence-electron chi connectivity index (χ1n) is 10.0. The first-order chi connectivity index (χ1) is 14.5. The number of alkyl carbamates (subject to hydrolysis) is 1. The van der Waals surface area contributed by atoms with Crippen LogP contribution in [-0.2, 0) is 16.0 Å². The summed E-state index contributed by atoms with van der Waals surface area (Å²) in [4.78, 5) is 36.8. The minimum Gasteiger partial charge on any atom is -0.444 e. The molecule has 7 nitrogen and oxygen atoms in total. The fraction of sp³-hybridized carbons (Fsp3) is 0.500. The molecule has 0 radical (unpaired) electrons. The van der Waals surface area contributed by atoms with E-state index in [0.29, 0.717) is 24.0 Å². The number of nitrogens with one attached hydrogen (secondary N) is 1. The minimum atomic E-state index is -0.924. The summed E-state index contributed by atoms with van der Waals surface area (Å²) >= 11 is 7.88. The monoisotopic (exact) mass is 469 g/mol. The molecule has 1 aromatic carbocycles. The minimum absolute atomic E-state index is 0.0519. The third-order valence-electron chi connectivity index (χ3n) is 4.20. The zero-order valence-electron chi connectivity index (χ0n) is 18.4. The van der Waals surface area contributed by atoms with Crippen molar-refractivity contribution in [3.8, 4) is 5.75 Å². The van der Waals surface area contributed by atoms with Crippen molar-refractivity contribution in [2.45, 2.75) is 58.6 Å². The molecule has 9 heteroatoms. The van der Waals surface area contributed by atoms with E-state index in [1.807, 2.05) is 13.2 Å². The van der Waals surface area contributed by atoms with Gasteiger partial charge in [0, 0.05) is 17.5 Å². The van der Waals surface area contributed by atoms with Crippen LogP contribution in [0.3, 0.4) is 0 Å². The molecule has 31 heavy (non-hydrogen) atoms. The molecule has 0 bridgehead atoms. The number of halogens is 1. The lowest BCUT2D eigenvalue weighted by molar-refractivity contribution is -0.136. The van der Waals surface area contributed by atoms with Gasteiger partial charge in [0.25, 0.3) is 0 Å². The van der Waals surface area contributed by atoms with Gasteiger partial charge in [0.15, 0.2) is 5.75 Å². The van der Waals surface area contributed by atoms with E-state index in [2.05, 4.69) is 5.32 Å². The van der Waals surface area contributed by atoms with Crippen molar-refractivity contribution in [2.75, 3.05) is 12.0 Å². The topological polar surface area (TPSA) is 94.8 Å². The highest BCUT2D eigenvalue weighted by Crippen LogP contribution is 2.32. The lowest BCUT2D eigenvalue weighted by Gasteiger charge is -2.23. The van der Waals surface area contributed by atoms with Crippen LogP contribution in [0.4, 0.5) is 4.79 Å². The standard InChI is InChI=1S/C22H28ClNO6S/c1-6-7-13-10-19(25)28-17-12-18(15(23)11-14(13)17)29-20(26)16(8-9-31-5)24-21(27)30-22(2,3)4/h10-12,16H,6-9H2,1-5H3,(H,24,27)/t16-/m0/s1. The van der Waals surface area contributed by atoms with E-state index < -0.39 is 29.3 Å². The Morgan fingerprint density at radius 3 is 2.58 bits per heavy atom. The SMILES string of the molecule is CCCc1cc(=O)oc2cc(OC(=O)[C@H](CCSC)NC(=O)OC(C)(C)C)c(Cl)cc12. The average molecular weight is 470 g/mol. The molecule has 170 valence electrons. The molecule has 0 saturated heterocycles. The summed E-state index contributed by atoms with van der Waals surface area (Å²) in [5.74, 6) is -0.0136. The number of carbonyl (C=O) groups is 2. The third-order valence-corrected chi connectivity index (χ3v) is 5.14. The van der Waals surface area contributed by atoms with Crippen molar-refractivity contribution in [3.05, 3.63) is 39.2 Å². The summed E-state index contributed by atoms with van der Waals surface area (Å²) < 4.78 is 16.0. The lowest BCUT2D eigenvalue weighted by Crippen LogP contribution is -2.45. The largest absolute Gasteiger partial charge is 0.444 e. The van der Waals surface area contributed by atoms with Crippen LogP contribution < -0.4 is 15.7 Å². The molecule has 0 aliphatic rings. The van der Waals surface area contributed by atoms with E-state index in [1.54, 1.807) is 26.8 Å². The molecular weight excluding hydrogens is 442 g/mol. The van der Waals surface area contributed by atoms with E-state index in [1.165, 1.54) is 23.9 Å². The molecule has 1 atom stereocenters. The average Bonchev–Trinajstić information content (AvgIpc) is 2.65. The molecular formula is C22H28ClNO6S. The Morgan fingerprint density at radius 1 is 1.26 bits per heavy atom. The highest BCUT2D eigenvalue weighted by Gasteiger charge is 2.26. The number of ether oxygens (including phenoxy) is 2. The molecule has 1 aromatic heterocycles. The van der Waals surface area contributed by atoms with E-state index in [4.69, 9.17) is 25.5 Å². The number of esters is 1. The molecule has 2 aromatic rings. The fourth-order valence-corrected chi connectivity index (χ4v) is 3.57. The van der Waals surface area contributed by atoms with Gasteiger partial charge in [-0.05, 0) is 57.3 Å². The van der Waals surface area contributed by atoms with Crippen molar-refractivity contribution < 1.29 is 23.5 Å². The van der Waals surface area contributed by atoms with Gasteiger partial charge in [0.05, 0.1) is 5.02 Å². The van der Waals surface area contributed by atoms with Gasteiger partial charge in [-0.1, -0.05) is 24.9 Å². The molecule has 0 aliphatic carbocycles. The zero-order valence-corrected chi connectivity index (χ0v) is 19.9. The van der Waals surface area contributed by atoms with Crippen LogP contribution in [0.1, 0.15) is 46.1 Å². The normalized spacial score (nSPS) is 12.5. The van der Waals surface area contributed by atoms with Crippen LogP contribution in [0.15, 0.2) is 27.4 Å². The smallest absolute Gasteiger partial charge is 0.408 e. The number of hydrogen-bond donors (Lipinski definition) is 1. The van der Waals surface area contributed by atoms with Crippen LogP contribution in [0.5, 0.6) is 5.75 Å². The molecule has 0 unspecified atom stereocenters. The zero-order chi connectivity index (χ0) is 23.2. The number of fused-ring (bicyclic) bond motifs is 1. The summed E-state index contributed by atoms with van der Waals surface area (Å²) in [6, 6.07) is 3.56. The Morgan fingerprint density at radius 2 is 1.97 bits per heavy atom. The van der Waals surface area contributed by atoms with E-state index in [0.717, 1.165) is 12.0 Å². The number of rotatable bonds is 8. The first kappa shape index (κ1) is 25.1. The van der Waals surface area contributed by atoms with Crippen molar-refractivity contribution >= 4 is 46.4 Å². The van der Waals surface area contributed by atoms with Crippen molar-refractivity contribution in [1.82, 2.24) is 5.32 Å². The van der Waals surface area contributed by atoms with Crippen LogP contribution in [-0.4, -0.2) is 35.7 Å². The molecule has 1 heterocycles. The van der Waals surface area contributed by atoms with Gasteiger partial charge in [-0.2, -0.15) is 11.8 Å². The second-order valence-corrected chi connectivity index (χ2v) is 9.41.